The molecule has 1 aromatic heterocycles. The van der Waals surface area contributed by atoms with E-state index >= 15 is 0 Å². The van der Waals surface area contributed by atoms with Crippen molar-refractivity contribution in [2.45, 2.75) is 19.0 Å². The molecule has 1 N–H and O–H groups in total. The van der Waals surface area contributed by atoms with Crippen molar-refractivity contribution in [2.75, 3.05) is 0 Å². The van der Waals surface area contributed by atoms with Gasteiger partial charge < -0.3 is 11.9 Å². The van der Waals surface area contributed by atoms with Crippen molar-refractivity contribution in [3.63, 3.8) is 0 Å². The standard InChI is InChI=1S/C8H9F3N.Zn/c1-5(2)7-3-6(4-12-7)8(9,10)11;/h3-5,12H,1H2,2H3;/q-1;. The molecule has 0 aliphatic rings. The van der Waals surface area contributed by atoms with Gasteiger partial charge in [0.1, 0.15) is 0 Å². The molecule has 1 aromatic rings. The molecule has 70 valence electrons. The van der Waals surface area contributed by atoms with Gasteiger partial charge in [-0.15, -0.1) is 5.92 Å². The van der Waals surface area contributed by atoms with Gasteiger partial charge in [0.2, 0.25) is 0 Å². The van der Waals surface area contributed by atoms with Crippen LogP contribution in [0, 0.1) is 6.92 Å². The van der Waals surface area contributed by atoms with E-state index in [4.69, 9.17) is 0 Å². The Morgan fingerprint density at radius 2 is 2.00 bits per heavy atom. The number of alkyl halides is 3. The summed E-state index contributed by atoms with van der Waals surface area (Å²) in [6, 6.07) is 1.08. The van der Waals surface area contributed by atoms with Crippen LogP contribution in [0.3, 0.4) is 0 Å². The first-order valence-corrected chi connectivity index (χ1v) is 3.50. The topological polar surface area (TPSA) is 15.8 Å². The van der Waals surface area contributed by atoms with Crippen molar-refractivity contribution in [1.82, 2.24) is 4.98 Å². The number of halogens is 3. The minimum absolute atomic E-state index is 0. The van der Waals surface area contributed by atoms with Gasteiger partial charge >= 0.3 is 6.18 Å². The molecule has 0 aromatic carbocycles. The van der Waals surface area contributed by atoms with Crippen LogP contribution in [0.25, 0.3) is 0 Å². The van der Waals surface area contributed by atoms with E-state index in [1.807, 2.05) is 0 Å². The van der Waals surface area contributed by atoms with E-state index in [0.29, 0.717) is 5.69 Å². The Hall–Kier alpha value is -0.307. The van der Waals surface area contributed by atoms with Gasteiger partial charge in [0.15, 0.2) is 0 Å². The summed E-state index contributed by atoms with van der Waals surface area (Å²) in [6.45, 7) is 5.33. The van der Waals surface area contributed by atoms with Crippen molar-refractivity contribution >= 4 is 0 Å². The Bertz CT molecular complexity index is 265. The number of hydrogen-bond donors (Lipinski definition) is 1. The Morgan fingerprint density at radius 3 is 2.23 bits per heavy atom. The third-order valence-corrected chi connectivity index (χ3v) is 1.56. The van der Waals surface area contributed by atoms with Crippen LogP contribution in [0.4, 0.5) is 13.2 Å². The molecule has 13 heavy (non-hydrogen) atoms. The molecule has 1 heterocycles. The Kier molecular flexibility index (Phi) is 4.17. The number of H-pyrrole nitrogens is 1. The molecule has 0 aliphatic heterocycles. The Morgan fingerprint density at radius 1 is 1.46 bits per heavy atom. The Balaban J connectivity index is 0.00000144. The van der Waals surface area contributed by atoms with Crippen LogP contribution in [-0.4, -0.2) is 4.98 Å². The molecule has 1 atom stereocenters. The van der Waals surface area contributed by atoms with Crippen molar-refractivity contribution in [1.29, 1.82) is 0 Å². The molecule has 1 unspecified atom stereocenters. The maximum atomic E-state index is 12.0. The van der Waals surface area contributed by atoms with E-state index in [2.05, 4.69) is 11.9 Å². The summed E-state index contributed by atoms with van der Waals surface area (Å²) >= 11 is 0. The van der Waals surface area contributed by atoms with Gasteiger partial charge in [0.05, 0.1) is 5.56 Å². The molecule has 0 amide bonds. The predicted molar refractivity (Wildman–Crippen MR) is 39.6 cm³/mol. The zero-order valence-electron chi connectivity index (χ0n) is 7.28. The summed E-state index contributed by atoms with van der Waals surface area (Å²) in [5, 5.41) is 0. The third-order valence-electron chi connectivity index (χ3n) is 1.56. The molecule has 0 saturated carbocycles. The van der Waals surface area contributed by atoms with Gasteiger partial charge in [-0.2, -0.15) is 13.2 Å². The molecular weight excluding hydrogens is 232 g/mol. The van der Waals surface area contributed by atoms with Gasteiger partial charge in [0.25, 0.3) is 0 Å². The minimum Gasteiger partial charge on any atom is -0.367 e. The van der Waals surface area contributed by atoms with Crippen LogP contribution in [0.1, 0.15) is 24.1 Å². The van der Waals surface area contributed by atoms with Crippen LogP contribution < -0.4 is 0 Å². The average Bonchev–Trinajstić information content (AvgIpc) is 2.30. The fourth-order valence-corrected chi connectivity index (χ4v) is 0.860. The number of rotatable bonds is 1. The van der Waals surface area contributed by atoms with E-state index in [1.165, 1.54) is 0 Å². The molecule has 0 saturated heterocycles. The fourth-order valence-electron chi connectivity index (χ4n) is 0.860. The first-order chi connectivity index (χ1) is 5.41. The molecule has 0 aliphatic carbocycles. The van der Waals surface area contributed by atoms with E-state index < -0.39 is 11.7 Å². The second kappa shape index (κ2) is 4.27. The summed E-state index contributed by atoms with van der Waals surface area (Å²) in [7, 11) is 0. The SMILES string of the molecule is [CH2-]C(C)c1cc(C(F)(F)F)c[nH]1.[Zn]. The normalized spacial score (nSPS) is 13.6. The number of aromatic nitrogens is 1. The third kappa shape index (κ3) is 3.14. The predicted octanol–water partition coefficient (Wildman–Crippen LogP) is 2.97. The summed E-state index contributed by atoms with van der Waals surface area (Å²) in [5.41, 5.74) is -0.143. The van der Waals surface area contributed by atoms with E-state index in [9.17, 15) is 13.2 Å². The molecule has 0 radical (unpaired) electrons. The summed E-state index contributed by atoms with van der Waals surface area (Å²) < 4.78 is 36.1. The second-order valence-corrected chi connectivity index (χ2v) is 2.74. The van der Waals surface area contributed by atoms with Crippen LogP contribution in [0.15, 0.2) is 12.3 Å². The van der Waals surface area contributed by atoms with Crippen LogP contribution in [0.5, 0.6) is 0 Å². The first-order valence-electron chi connectivity index (χ1n) is 3.50. The van der Waals surface area contributed by atoms with Crippen LogP contribution in [-0.2, 0) is 25.7 Å². The zero-order chi connectivity index (χ0) is 9.35. The molecular formula is C8H9F3NZn-. The van der Waals surface area contributed by atoms with Gasteiger partial charge in [-0.1, -0.05) is 6.92 Å². The molecule has 0 bridgehead atoms. The maximum Gasteiger partial charge on any atom is 0.417 e. The van der Waals surface area contributed by atoms with Crippen LogP contribution >= 0.6 is 0 Å². The molecule has 1 rings (SSSR count). The second-order valence-electron chi connectivity index (χ2n) is 2.74. The first kappa shape index (κ1) is 12.7. The van der Waals surface area contributed by atoms with Crippen LogP contribution in [0.2, 0.25) is 0 Å². The average molecular weight is 242 g/mol. The van der Waals surface area contributed by atoms with Gasteiger partial charge in [-0.05, 0) is 11.8 Å². The van der Waals surface area contributed by atoms with E-state index in [-0.39, 0.29) is 25.4 Å². The molecule has 1 nitrogen and oxygen atoms in total. The number of hydrogen-bond acceptors (Lipinski definition) is 0. The van der Waals surface area contributed by atoms with Gasteiger partial charge in [-0.25, -0.2) is 0 Å². The zero-order valence-corrected chi connectivity index (χ0v) is 10.2. The summed E-state index contributed by atoms with van der Waals surface area (Å²) in [5.74, 6) is -0.152. The van der Waals surface area contributed by atoms with Crippen molar-refractivity contribution in [3.8, 4) is 0 Å². The van der Waals surface area contributed by atoms with E-state index in [0.717, 1.165) is 12.3 Å². The fraction of sp³-hybridized carbons (Fsp3) is 0.375. The molecule has 0 spiro atoms. The summed E-state index contributed by atoms with van der Waals surface area (Å²) in [4.78, 5) is 2.53. The van der Waals surface area contributed by atoms with Crippen molar-refractivity contribution in [3.05, 3.63) is 30.4 Å². The minimum atomic E-state index is -4.26. The molecule has 5 heteroatoms. The van der Waals surface area contributed by atoms with Crippen molar-refractivity contribution < 1.29 is 32.6 Å². The Labute approximate surface area is 87.5 Å². The number of aromatic amines is 1. The van der Waals surface area contributed by atoms with Crippen molar-refractivity contribution in [2.24, 2.45) is 0 Å². The maximum absolute atomic E-state index is 12.0. The quantitative estimate of drug-likeness (QED) is 0.575. The largest absolute Gasteiger partial charge is 0.417 e. The summed E-state index contributed by atoms with van der Waals surface area (Å²) in [6.07, 6.45) is -3.30. The molecule has 0 fully saturated rings. The van der Waals surface area contributed by atoms with Gasteiger partial charge in [0, 0.05) is 25.7 Å². The number of nitrogens with one attached hydrogen (secondary N) is 1. The van der Waals surface area contributed by atoms with E-state index in [1.54, 1.807) is 6.92 Å². The monoisotopic (exact) mass is 240 g/mol. The van der Waals surface area contributed by atoms with Gasteiger partial charge in [-0.3, -0.25) is 0 Å². The smallest absolute Gasteiger partial charge is 0.367 e.